The Morgan fingerprint density at radius 3 is 2.67 bits per heavy atom. The van der Waals surface area contributed by atoms with Gasteiger partial charge in [0.1, 0.15) is 0 Å². The van der Waals surface area contributed by atoms with Gasteiger partial charge in [-0.2, -0.15) is 0 Å². The Bertz CT molecular complexity index is 737. The lowest BCUT2D eigenvalue weighted by Gasteiger charge is -2.08. The Hall–Kier alpha value is -2.37. The van der Waals surface area contributed by atoms with Crippen molar-refractivity contribution in [2.45, 2.75) is 4.34 Å². The maximum absolute atomic E-state index is 12.2. The Labute approximate surface area is 145 Å². The van der Waals surface area contributed by atoms with Gasteiger partial charge in [0, 0.05) is 5.56 Å². The second kappa shape index (κ2) is 8.47. The third kappa shape index (κ3) is 4.57. The molecule has 0 aliphatic rings. The van der Waals surface area contributed by atoms with Crippen molar-refractivity contribution in [2.24, 2.45) is 0 Å². The lowest BCUT2D eigenvalue weighted by atomic mass is 10.2. The number of ether oxygens (including phenoxy) is 2. The van der Waals surface area contributed by atoms with E-state index in [-0.39, 0.29) is 11.7 Å². The van der Waals surface area contributed by atoms with Crippen molar-refractivity contribution in [2.75, 3.05) is 25.3 Å². The molecule has 1 aromatic carbocycles. The Morgan fingerprint density at radius 1 is 1.25 bits per heavy atom. The Morgan fingerprint density at radius 2 is 2.00 bits per heavy atom. The Kier molecular flexibility index (Phi) is 6.35. The molecule has 9 nitrogen and oxygen atoms in total. The highest BCUT2D eigenvalue weighted by Gasteiger charge is 2.14. The summed E-state index contributed by atoms with van der Waals surface area (Å²) in [5, 5.41) is 19.0. The number of anilines is 1. The number of rotatable bonds is 7. The molecule has 0 aliphatic carbocycles. The van der Waals surface area contributed by atoms with Gasteiger partial charge in [0.2, 0.25) is 5.13 Å². The van der Waals surface area contributed by atoms with Gasteiger partial charge >= 0.3 is 0 Å². The molecule has 2 aromatic rings. The molecule has 0 spiro atoms. The summed E-state index contributed by atoms with van der Waals surface area (Å²) in [4.78, 5) is 23.2. The van der Waals surface area contributed by atoms with E-state index in [4.69, 9.17) is 14.7 Å². The van der Waals surface area contributed by atoms with Crippen LogP contribution in [0, 0.1) is 0 Å². The number of aromatic nitrogens is 2. The zero-order valence-electron chi connectivity index (χ0n) is 12.7. The first-order chi connectivity index (χ1) is 11.6. The number of hydrogen-bond donors (Lipinski definition) is 3. The average molecular weight is 370 g/mol. The molecule has 0 radical (unpaired) electrons. The zero-order valence-corrected chi connectivity index (χ0v) is 14.4. The molecule has 0 fully saturated rings. The third-order valence-corrected chi connectivity index (χ3v) is 4.70. The van der Waals surface area contributed by atoms with Crippen molar-refractivity contribution >= 4 is 40.0 Å². The topological polar surface area (TPSA) is 123 Å². The maximum Gasteiger partial charge on any atom is 0.257 e. The number of carbonyl (C=O) groups is 2. The van der Waals surface area contributed by atoms with E-state index in [1.165, 1.54) is 19.7 Å². The van der Waals surface area contributed by atoms with Crippen LogP contribution in [0.1, 0.15) is 10.4 Å². The first-order valence-corrected chi connectivity index (χ1v) is 8.30. The predicted molar refractivity (Wildman–Crippen MR) is 88.1 cm³/mol. The highest BCUT2D eigenvalue weighted by atomic mass is 32.2. The summed E-state index contributed by atoms with van der Waals surface area (Å²) in [6.07, 6.45) is 0. The van der Waals surface area contributed by atoms with Gasteiger partial charge in [0.25, 0.3) is 11.8 Å². The average Bonchev–Trinajstić information content (AvgIpc) is 3.06. The largest absolute Gasteiger partial charge is 0.493 e. The molecular weight excluding hydrogens is 356 g/mol. The van der Waals surface area contributed by atoms with E-state index < -0.39 is 5.91 Å². The molecule has 0 atom stereocenters. The van der Waals surface area contributed by atoms with Crippen LogP contribution in [0.3, 0.4) is 0 Å². The van der Waals surface area contributed by atoms with Crippen molar-refractivity contribution in [3.05, 3.63) is 23.8 Å². The molecule has 3 N–H and O–H groups in total. The predicted octanol–water partition coefficient (Wildman–Crippen LogP) is 1.41. The first kappa shape index (κ1) is 18.0. The number of hydrogen-bond acceptors (Lipinski definition) is 9. The number of hydroxylamine groups is 1. The van der Waals surface area contributed by atoms with Crippen LogP contribution in [0.4, 0.5) is 5.13 Å². The number of nitrogens with one attached hydrogen (secondary N) is 2. The minimum Gasteiger partial charge on any atom is -0.493 e. The van der Waals surface area contributed by atoms with Crippen LogP contribution >= 0.6 is 23.1 Å². The van der Waals surface area contributed by atoms with Crippen molar-refractivity contribution in [3.63, 3.8) is 0 Å². The van der Waals surface area contributed by atoms with E-state index in [0.29, 0.717) is 26.5 Å². The standard InChI is InChI=1S/C13H14N4O5S2/c1-21-8-4-3-7(5-9(8)22-2)11(19)14-12-15-16-13(24-12)23-6-10(18)17-20/h3-5,20H,6H2,1-2H3,(H,17,18)(H,14,15,19). The van der Waals surface area contributed by atoms with Crippen molar-refractivity contribution in [3.8, 4) is 11.5 Å². The quantitative estimate of drug-likeness (QED) is 0.289. The van der Waals surface area contributed by atoms with E-state index in [2.05, 4.69) is 15.5 Å². The number of benzene rings is 1. The van der Waals surface area contributed by atoms with Crippen molar-refractivity contribution < 1.29 is 24.3 Å². The molecule has 1 heterocycles. The highest BCUT2D eigenvalue weighted by Crippen LogP contribution is 2.29. The number of nitrogens with zero attached hydrogens (tertiary/aromatic N) is 2. The second-order valence-electron chi connectivity index (χ2n) is 4.22. The highest BCUT2D eigenvalue weighted by molar-refractivity contribution is 8.01. The Balaban J connectivity index is 2.02. The van der Waals surface area contributed by atoms with E-state index in [9.17, 15) is 9.59 Å². The number of amides is 2. The van der Waals surface area contributed by atoms with Gasteiger partial charge in [-0.05, 0) is 18.2 Å². The van der Waals surface area contributed by atoms with E-state index >= 15 is 0 Å². The lowest BCUT2D eigenvalue weighted by Crippen LogP contribution is -2.20. The van der Waals surface area contributed by atoms with Gasteiger partial charge in [-0.25, -0.2) is 5.48 Å². The van der Waals surface area contributed by atoms with Gasteiger partial charge < -0.3 is 9.47 Å². The smallest absolute Gasteiger partial charge is 0.257 e. The van der Waals surface area contributed by atoms with Gasteiger partial charge in [0.15, 0.2) is 15.8 Å². The van der Waals surface area contributed by atoms with Crippen molar-refractivity contribution in [1.29, 1.82) is 0 Å². The minimum atomic E-state index is -0.550. The second-order valence-corrected chi connectivity index (χ2v) is 6.42. The number of methoxy groups -OCH3 is 2. The van der Waals surface area contributed by atoms with Gasteiger partial charge in [-0.1, -0.05) is 23.1 Å². The van der Waals surface area contributed by atoms with E-state index in [0.717, 1.165) is 23.1 Å². The molecule has 0 saturated heterocycles. The summed E-state index contributed by atoms with van der Waals surface area (Å²) in [7, 11) is 2.99. The molecule has 0 bridgehead atoms. The van der Waals surface area contributed by atoms with E-state index in [1.807, 2.05) is 0 Å². The fourth-order valence-electron chi connectivity index (χ4n) is 1.62. The third-order valence-electron chi connectivity index (χ3n) is 2.72. The molecular formula is C13H14N4O5S2. The summed E-state index contributed by atoms with van der Waals surface area (Å²) in [5.74, 6) is 0.0248. The molecule has 0 saturated carbocycles. The lowest BCUT2D eigenvalue weighted by molar-refractivity contribution is -0.126. The molecule has 0 unspecified atom stereocenters. The zero-order chi connectivity index (χ0) is 17.5. The molecule has 2 rings (SSSR count). The summed E-state index contributed by atoms with van der Waals surface area (Å²) in [6.45, 7) is 0. The van der Waals surface area contributed by atoms with Crippen LogP contribution in [0.5, 0.6) is 11.5 Å². The molecule has 2 amide bonds. The van der Waals surface area contributed by atoms with Crippen LogP contribution in [0.15, 0.2) is 22.5 Å². The van der Waals surface area contributed by atoms with Crippen molar-refractivity contribution in [1.82, 2.24) is 15.7 Å². The summed E-state index contributed by atoms with van der Waals surface area (Å²) >= 11 is 2.21. The van der Waals surface area contributed by atoms with Crippen LogP contribution < -0.4 is 20.3 Å². The van der Waals surface area contributed by atoms with E-state index in [1.54, 1.807) is 18.2 Å². The number of thioether (sulfide) groups is 1. The fraction of sp³-hybridized carbons (Fsp3) is 0.231. The molecule has 1 aromatic heterocycles. The van der Waals surface area contributed by atoms with Gasteiger partial charge in [-0.15, -0.1) is 10.2 Å². The van der Waals surface area contributed by atoms with Crippen LogP contribution in [-0.4, -0.2) is 47.2 Å². The number of carbonyl (C=O) groups excluding carboxylic acids is 2. The maximum atomic E-state index is 12.2. The summed E-state index contributed by atoms with van der Waals surface area (Å²) in [5.41, 5.74) is 1.89. The fourth-order valence-corrected chi connectivity index (χ4v) is 3.16. The summed E-state index contributed by atoms with van der Waals surface area (Å²) in [6, 6.07) is 4.78. The normalized spacial score (nSPS) is 10.1. The van der Waals surface area contributed by atoms with Crippen LogP contribution in [-0.2, 0) is 4.79 Å². The molecule has 0 aliphatic heterocycles. The van der Waals surface area contributed by atoms with Gasteiger partial charge in [0.05, 0.1) is 20.0 Å². The SMILES string of the molecule is COc1ccc(C(=O)Nc2nnc(SCC(=O)NO)s2)cc1OC. The molecule has 128 valence electrons. The van der Waals surface area contributed by atoms with Crippen LogP contribution in [0.25, 0.3) is 0 Å². The van der Waals surface area contributed by atoms with Crippen LogP contribution in [0.2, 0.25) is 0 Å². The molecule has 24 heavy (non-hydrogen) atoms. The minimum absolute atomic E-state index is 0.00520. The monoisotopic (exact) mass is 370 g/mol. The van der Waals surface area contributed by atoms with Gasteiger partial charge in [-0.3, -0.25) is 20.1 Å². The first-order valence-electron chi connectivity index (χ1n) is 6.50. The molecule has 11 heteroatoms. The summed E-state index contributed by atoms with van der Waals surface area (Å²) < 4.78 is 10.8.